The number of benzene rings is 2. The van der Waals surface area contributed by atoms with Crippen LogP contribution in [0.5, 0.6) is 17.2 Å². The molecule has 6 heteroatoms. The van der Waals surface area contributed by atoms with E-state index in [1.165, 1.54) is 0 Å². The number of hydrogen-bond acceptors (Lipinski definition) is 4. The Hall–Kier alpha value is -2.89. The number of nitrogens with one attached hydrogen (secondary N) is 1. The molecule has 0 saturated carbocycles. The number of carbonyl (C=O) groups excluding carboxylic acids is 1. The van der Waals surface area contributed by atoms with E-state index in [0.29, 0.717) is 44.4 Å². The first kappa shape index (κ1) is 19.9. The summed E-state index contributed by atoms with van der Waals surface area (Å²) in [6.07, 6.45) is 0. The molecule has 2 aromatic carbocycles. The summed E-state index contributed by atoms with van der Waals surface area (Å²) in [4.78, 5) is 14.6. The number of hydrogen-bond donors (Lipinski definition) is 1. The van der Waals surface area contributed by atoms with E-state index in [-0.39, 0.29) is 12.1 Å². The van der Waals surface area contributed by atoms with Gasteiger partial charge in [-0.1, -0.05) is 24.3 Å². The average Bonchev–Trinajstić information content (AvgIpc) is 2.92. The second kappa shape index (κ2) is 9.35. The third kappa shape index (κ3) is 4.68. The van der Waals surface area contributed by atoms with Gasteiger partial charge in [-0.2, -0.15) is 0 Å². The first-order valence-electron chi connectivity index (χ1n) is 9.78. The molecule has 0 aliphatic carbocycles. The third-order valence-electron chi connectivity index (χ3n) is 4.65. The predicted octanol–water partition coefficient (Wildman–Crippen LogP) is 4.15. The predicted molar refractivity (Wildman–Crippen MR) is 108 cm³/mol. The summed E-state index contributed by atoms with van der Waals surface area (Å²) in [6.45, 7) is 8.52. The van der Waals surface area contributed by atoms with Gasteiger partial charge in [0.15, 0.2) is 11.5 Å². The molecule has 0 fully saturated rings. The van der Waals surface area contributed by atoms with Gasteiger partial charge in [-0.3, -0.25) is 0 Å². The van der Waals surface area contributed by atoms with Crippen molar-refractivity contribution in [2.75, 3.05) is 26.4 Å². The fourth-order valence-corrected chi connectivity index (χ4v) is 3.20. The summed E-state index contributed by atoms with van der Waals surface area (Å²) in [5.41, 5.74) is 1.98. The summed E-state index contributed by atoms with van der Waals surface area (Å²) in [5.74, 6) is 2.26. The molecule has 2 aromatic rings. The Morgan fingerprint density at radius 3 is 2.68 bits per heavy atom. The molecular formula is C22H28N2O4. The molecule has 0 aromatic heterocycles. The highest BCUT2D eigenvalue weighted by atomic mass is 16.5. The van der Waals surface area contributed by atoms with Crippen LogP contribution in [-0.2, 0) is 6.54 Å². The number of fused-ring (bicyclic) bond motifs is 1. The van der Waals surface area contributed by atoms with Crippen LogP contribution in [0.4, 0.5) is 4.79 Å². The molecule has 28 heavy (non-hydrogen) atoms. The molecule has 0 spiro atoms. The highest BCUT2D eigenvalue weighted by Gasteiger charge is 2.21. The quantitative estimate of drug-likeness (QED) is 0.813. The maximum atomic E-state index is 12.8. The smallest absolute Gasteiger partial charge is 0.318 e. The number of rotatable bonds is 6. The molecule has 3 rings (SSSR count). The lowest BCUT2D eigenvalue weighted by Crippen LogP contribution is -2.41. The zero-order chi connectivity index (χ0) is 19.9. The molecule has 6 nitrogen and oxygen atoms in total. The summed E-state index contributed by atoms with van der Waals surface area (Å²) in [5, 5.41) is 3.08. The topological polar surface area (TPSA) is 60.0 Å². The average molecular weight is 384 g/mol. The largest absolute Gasteiger partial charge is 0.491 e. The summed E-state index contributed by atoms with van der Waals surface area (Å²) >= 11 is 0. The first-order valence-corrected chi connectivity index (χ1v) is 9.78. The van der Waals surface area contributed by atoms with E-state index in [1.54, 1.807) is 4.90 Å². The maximum absolute atomic E-state index is 12.8. The van der Waals surface area contributed by atoms with Gasteiger partial charge in [0.25, 0.3) is 0 Å². The second-order valence-electron chi connectivity index (χ2n) is 6.62. The molecule has 1 aliphatic heterocycles. The Labute approximate surface area is 166 Å². The molecule has 0 bridgehead atoms. The van der Waals surface area contributed by atoms with Gasteiger partial charge in [-0.05, 0) is 44.5 Å². The third-order valence-corrected chi connectivity index (χ3v) is 4.65. The van der Waals surface area contributed by atoms with E-state index in [1.807, 2.05) is 63.2 Å². The Balaban J connectivity index is 1.69. The molecule has 1 N–H and O–H groups in total. The Bertz CT molecular complexity index is 809. The van der Waals surface area contributed by atoms with E-state index in [4.69, 9.17) is 14.2 Å². The van der Waals surface area contributed by atoms with Gasteiger partial charge in [0.05, 0.1) is 32.3 Å². The Kier molecular flexibility index (Phi) is 6.63. The Morgan fingerprint density at radius 1 is 1.14 bits per heavy atom. The van der Waals surface area contributed by atoms with E-state index in [2.05, 4.69) is 5.32 Å². The van der Waals surface area contributed by atoms with Crippen molar-refractivity contribution in [3.8, 4) is 17.2 Å². The van der Waals surface area contributed by atoms with Crippen molar-refractivity contribution in [2.24, 2.45) is 0 Å². The van der Waals surface area contributed by atoms with Gasteiger partial charge >= 0.3 is 6.03 Å². The molecule has 1 unspecified atom stereocenters. The van der Waals surface area contributed by atoms with Gasteiger partial charge in [-0.25, -0.2) is 4.79 Å². The van der Waals surface area contributed by atoms with Crippen molar-refractivity contribution in [1.29, 1.82) is 0 Å². The lowest BCUT2D eigenvalue weighted by atomic mass is 10.1. The highest BCUT2D eigenvalue weighted by molar-refractivity contribution is 5.75. The number of ether oxygens (including phenoxy) is 3. The molecule has 0 radical (unpaired) electrons. The van der Waals surface area contributed by atoms with Crippen LogP contribution >= 0.6 is 0 Å². The second-order valence-corrected chi connectivity index (χ2v) is 6.62. The fourth-order valence-electron chi connectivity index (χ4n) is 3.20. The first-order chi connectivity index (χ1) is 13.6. The van der Waals surface area contributed by atoms with Crippen LogP contribution < -0.4 is 19.5 Å². The van der Waals surface area contributed by atoms with Crippen LogP contribution in [0.2, 0.25) is 0 Å². The van der Waals surface area contributed by atoms with Gasteiger partial charge < -0.3 is 24.4 Å². The maximum Gasteiger partial charge on any atom is 0.318 e. The molecule has 2 amide bonds. The minimum Gasteiger partial charge on any atom is -0.491 e. The Morgan fingerprint density at radius 2 is 1.89 bits per heavy atom. The molecule has 1 aliphatic rings. The zero-order valence-electron chi connectivity index (χ0n) is 16.7. The number of carbonyl (C=O) groups is 1. The van der Waals surface area contributed by atoms with Gasteiger partial charge in [-0.15, -0.1) is 0 Å². The normalized spacial score (nSPS) is 14.3. The minimum absolute atomic E-state index is 0.111. The number of para-hydroxylation sites is 1. The van der Waals surface area contributed by atoms with Crippen molar-refractivity contribution in [2.45, 2.75) is 33.4 Å². The van der Waals surface area contributed by atoms with Crippen LogP contribution in [0.1, 0.15) is 37.9 Å². The van der Waals surface area contributed by atoms with Crippen molar-refractivity contribution in [3.05, 3.63) is 53.6 Å². The van der Waals surface area contributed by atoms with Crippen LogP contribution in [0.15, 0.2) is 42.5 Å². The molecule has 0 saturated heterocycles. The van der Waals surface area contributed by atoms with Crippen molar-refractivity contribution in [3.63, 3.8) is 0 Å². The highest BCUT2D eigenvalue weighted by Crippen LogP contribution is 2.31. The van der Waals surface area contributed by atoms with Crippen LogP contribution in [0, 0.1) is 0 Å². The molecule has 1 heterocycles. The molecule has 1 atom stereocenters. The van der Waals surface area contributed by atoms with E-state index in [9.17, 15) is 4.79 Å². The fraction of sp³-hybridized carbons (Fsp3) is 0.409. The molecular weight excluding hydrogens is 356 g/mol. The van der Waals surface area contributed by atoms with Crippen LogP contribution in [-0.4, -0.2) is 37.3 Å². The zero-order valence-corrected chi connectivity index (χ0v) is 16.7. The summed E-state index contributed by atoms with van der Waals surface area (Å²) in [7, 11) is 0. The standard InChI is InChI=1S/C22H28N2O4/c1-4-26-20-11-10-17(14-21(20)27-5-2)16(3)23-22(25)24-12-13-28-19-9-7-6-8-18(19)15-24/h6-11,14,16H,4-5,12-13,15H2,1-3H3,(H,23,25). The van der Waals surface area contributed by atoms with E-state index >= 15 is 0 Å². The monoisotopic (exact) mass is 384 g/mol. The van der Waals surface area contributed by atoms with Crippen LogP contribution in [0.3, 0.4) is 0 Å². The lowest BCUT2D eigenvalue weighted by molar-refractivity contribution is 0.184. The van der Waals surface area contributed by atoms with E-state index in [0.717, 1.165) is 16.9 Å². The van der Waals surface area contributed by atoms with Crippen molar-refractivity contribution in [1.82, 2.24) is 10.2 Å². The van der Waals surface area contributed by atoms with E-state index < -0.39 is 0 Å². The number of nitrogens with zero attached hydrogens (tertiary/aromatic N) is 1. The van der Waals surface area contributed by atoms with Crippen LogP contribution in [0.25, 0.3) is 0 Å². The lowest BCUT2D eigenvalue weighted by Gasteiger charge is -2.24. The van der Waals surface area contributed by atoms with Gasteiger partial charge in [0.1, 0.15) is 12.4 Å². The summed E-state index contributed by atoms with van der Waals surface area (Å²) in [6, 6.07) is 13.3. The minimum atomic E-state index is -0.165. The van der Waals surface area contributed by atoms with Gasteiger partial charge in [0.2, 0.25) is 0 Å². The number of amides is 2. The summed E-state index contributed by atoms with van der Waals surface area (Å²) < 4.78 is 17.1. The SMILES string of the molecule is CCOc1ccc(C(C)NC(=O)N2CCOc3ccccc3C2)cc1OCC. The number of urea groups is 1. The van der Waals surface area contributed by atoms with Crippen molar-refractivity contribution >= 4 is 6.03 Å². The van der Waals surface area contributed by atoms with Crippen molar-refractivity contribution < 1.29 is 19.0 Å². The molecule has 150 valence electrons. The van der Waals surface area contributed by atoms with Gasteiger partial charge in [0, 0.05) is 5.56 Å².